The molecule has 2 nitrogen and oxygen atoms in total. The fourth-order valence-corrected chi connectivity index (χ4v) is 5.15. The highest BCUT2D eigenvalue weighted by molar-refractivity contribution is 9.11. The lowest BCUT2D eigenvalue weighted by Gasteiger charge is -2.20. The Labute approximate surface area is 159 Å². The number of halogens is 4. The quantitative estimate of drug-likeness (QED) is 0.441. The standard InChI is InChI=1S/C14H11Br4O2P/c15-6-1-8(13(19)11(17)3-6)10(5-21)9-2-7(16)4-12(18)14(9)20/h1-4,10,19-20H,5,21H2. The van der Waals surface area contributed by atoms with E-state index in [-0.39, 0.29) is 17.4 Å². The number of phenols is 2. The lowest BCUT2D eigenvalue weighted by atomic mass is 9.91. The van der Waals surface area contributed by atoms with E-state index in [1.807, 2.05) is 12.1 Å². The van der Waals surface area contributed by atoms with Crippen LogP contribution in [0.15, 0.2) is 42.2 Å². The molecule has 0 bridgehead atoms. The van der Waals surface area contributed by atoms with Crippen LogP contribution in [0.3, 0.4) is 0 Å². The predicted molar refractivity (Wildman–Crippen MR) is 103 cm³/mol. The van der Waals surface area contributed by atoms with Gasteiger partial charge in [0.1, 0.15) is 11.5 Å². The smallest absolute Gasteiger partial charge is 0.133 e. The molecule has 0 saturated heterocycles. The lowest BCUT2D eigenvalue weighted by Crippen LogP contribution is -2.04. The molecule has 2 aromatic carbocycles. The van der Waals surface area contributed by atoms with Gasteiger partial charge < -0.3 is 10.2 Å². The number of hydrogen-bond acceptors (Lipinski definition) is 2. The molecule has 0 aliphatic rings. The molecular formula is C14H11Br4O2P. The van der Waals surface area contributed by atoms with E-state index in [4.69, 9.17) is 0 Å². The summed E-state index contributed by atoms with van der Waals surface area (Å²) in [6.45, 7) is 0. The largest absolute Gasteiger partial charge is 0.506 e. The Morgan fingerprint density at radius 3 is 1.52 bits per heavy atom. The minimum atomic E-state index is -0.155. The molecular weight excluding hydrogens is 551 g/mol. The third-order valence-electron chi connectivity index (χ3n) is 3.10. The first-order valence-corrected chi connectivity index (χ1v) is 9.89. The zero-order valence-electron chi connectivity index (χ0n) is 10.6. The van der Waals surface area contributed by atoms with Gasteiger partial charge in [-0.25, -0.2) is 0 Å². The van der Waals surface area contributed by atoms with E-state index in [2.05, 4.69) is 73.0 Å². The van der Waals surface area contributed by atoms with Gasteiger partial charge in [-0.1, -0.05) is 31.9 Å². The molecule has 1 unspecified atom stereocenters. The molecule has 2 N–H and O–H groups in total. The Hall–Kier alpha value is 0.390. The van der Waals surface area contributed by atoms with Gasteiger partial charge in [-0.15, -0.1) is 9.24 Å². The Morgan fingerprint density at radius 2 is 1.19 bits per heavy atom. The number of rotatable bonds is 3. The molecule has 0 radical (unpaired) electrons. The van der Waals surface area contributed by atoms with E-state index < -0.39 is 0 Å². The molecule has 0 aromatic heterocycles. The summed E-state index contributed by atoms with van der Waals surface area (Å²) in [5, 5.41) is 20.7. The number of phenolic OH excluding ortho intramolecular Hbond substituents is 2. The Bertz CT molecular complexity index is 634. The van der Waals surface area contributed by atoms with E-state index >= 15 is 0 Å². The molecule has 21 heavy (non-hydrogen) atoms. The Kier molecular flexibility index (Phi) is 6.17. The molecule has 0 spiro atoms. The van der Waals surface area contributed by atoms with Crippen molar-refractivity contribution in [2.24, 2.45) is 0 Å². The molecule has 1 atom stereocenters. The molecule has 0 aliphatic heterocycles. The van der Waals surface area contributed by atoms with Crippen LogP contribution < -0.4 is 0 Å². The second kappa shape index (κ2) is 7.31. The highest BCUT2D eigenvalue weighted by Crippen LogP contribution is 2.44. The third kappa shape index (κ3) is 3.84. The van der Waals surface area contributed by atoms with Gasteiger partial charge in [-0.3, -0.25) is 0 Å². The first kappa shape index (κ1) is 17.7. The van der Waals surface area contributed by atoms with Crippen molar-refractivity contribution < 1.29 is 10.2 Å². The van der Waals surface area contributed by atoms with Gasteiger partial charge in [0.25, 0.3) is 0 Å². The summed E-state index contributed by atoms with van der Waals surface area (Å²) in [6.07, 6.45) is 0.660. The van der Waals surface area contributed by atoms with Crippen molar-refractivity contribution in [2.45, 2.75) is 5.92 Å². The average molecular weight is 562 g/mol. The van der Waals surface area contributed by atoms with Gasteiger partial charge >= 0.3 is 0 Å². The van der Waals surface area contributed by atoms with E-state index in [0.29, 0.717) is 15.1 Å². The fourth-order valence-electron chi connectivity index (χ4n) is 2.12. The van der Waals surface area contributed by atoms with Crippen LogP contribution in [0.4, 0.5) is 0 Å². The van der Waals surface area contributed by atoms with Crippen LogP contribution in [0.2, 0.25) is 0 Å². The van der Waals surface area contributed by atoms with Crippen molar-refractivity contribution in [1.82, 2.24) is 0 Å². The normalized spacial score (nSPS) is 11.1. The van der Waals surface area contributed by atoms with E-state index in [0.717, 1.165) is 20.1 Å². The van der Waals surface area contributed by atoms with Crippen molar-refractivity contribution in [3.05, 3.63) is 53.3 Å². The first-order chi connectivity index (χ1) is 9.85. The minimum absolute atomic E-state index is 0.155. The molecule has 0 amide bonds. The van der Waals surface area contributed by atoms with Crippen molar-refractivity contribution in [3.63, 3.8) is 0 Å². The summed E-state index contributed by atoms with van der Waals surface area (Å²) in [6, 6.07) is 7.30. The van der Waals surface area contributed by atoms with E-state index in [1.165, 1.54) is 0 Å². The zero-order valence-corrected chi connectivity index (χ0v) is 18.1. The molecule has 0 heterocycles. The molecule has 112 valence electrons. The van der Waals surface area contributed by atoms with Crippen LogP contribution in [0.5, 0.6) is 11.5 Å². The van der Waals surface area contributed by atoms with Gasteiger partial charge in [-0.05, 0) is 62.3 Å². The number of benzene rings is 2. The second-order valence-corrected chi connectivity index (χ2v) is 8.45. The molecule has 7 heteroatoms. The summed E-state index contributed by atoms with van der Waals surface area (Å²) in [7, 11) is 2.67. The number of aromatic hydroxyl groups is 2. The van der Waals surface area contributed by atoms with E-state index in [9.17, 15) is 10.2 Å². The zero-order chi connectivity index (χ0) is 15.7. The summed E-state index contributed by atoms with van der Waals surface area (Å²) in [5.74, 6) is 0.208. The molecule has 0 fully saturated rings. The topological polar surface area (TPSA) is 40.5 Å². The fraction of sp³-hybridized carbons (Fsp3) is 0.143. The second-order valence-electron chi connectivity index (χ2n) is 4.44. The minimum Gasteiger partial charge on any atom is -0.506 e. The van der Waals surface area contributed by atoms with E-state index in [1.54, 1.807) is 12.1 Å². The third-order valence-corrected chi connectivity index (χ3v) is 5.70. The Balaban J connectivity index is 2.66. The van der Waals surface area contributed by atoms with Gasteiger partial charge in [0.05, 0.1) is 8.95 Å². The molecule has 2 rings (SSSR count). The van der Waals surface area contributed by atoms with Crippen LogP contribution in [-0.4, -0.2) is 16.4 Å². The summed E-state index contributed by atoms with van der Waals surface area (Å²) in [4.78, 5) is 0. The summed E-state index contributed by atoms with van der Waals surface area (Å²) < 4.78 is 2.95. The molecule has 0 aliphatic carbocycles. The first-order valence-electron chi connectivity index (χ1n) is 5.91. The van der Waals surface area contributed by atoms with Gasteiger partial charge in [0.15, 0.2) is 0 Å². The highest BCUT2D eigenvalue weighted by Gasteiger charge is 2.22. The predicted octanol–water partition coefficient (Wildman–Crippen LogP) is 6.15. The Morgan fingerprint density at radius 1 is 0.810 bits per heavy atom. The highest BCUT2D eigenvalue weighted by atomic mass is 79.9. The summed E-state index contributed by atoms with van der Waals surface area (Å²) in [5.41, 5.74) is 1.48. The monoisotopic (exact) mass is 558 g/mol. The van der Waals surface area contributed by atoms with Gasteiger partial charge in [-0.2, -0.15) is 0 Å². The van der Waals surface area contributed by atoms with Crippen molar-refractivity contribution in [2.75, 3.05) is 6.16 Å². The number of hydrogen-bond donors (Lipinski definition) is 2. The van der Waals surface area contributed by atoms with Crippen molar-refractivity contribution in [1.29, 1.82) is 0 Å². The maximum Gasteiger partial charge on any atom is 0.133 e. The average Bonchev–Trinajstić information content (AvgIpc) is 2.41. The lowest BCUT2D eigenvalue weighted by molar-refractivity contribution is 0.453. The SMILES string of the molecule is Oc1c(Br)cc(Br)cc1C(CP)c1cc(Br)cc(Br)c1O. The van der Waals surface area contributed by atoms with Crippen LogP contribution >= 0.6 is 73.0 Å². The molecule has 2 aromatic rings. The van der Waals surface area contributed by atoms with Gasteiger partial charge in [0.2, 0.25) is 0 Å². The molecule has 0 saturated carbocycles. The van der Waals surface area contributed by atoms with Gasteiger partial charge in [0, 0.05) is 26.0 Å². The summed E-state index contributed by atoms with van der Waals surface area (Å²) >= 11 is 13.6. The van der Waals surface area contributed by atoms with Crippen LogP contribution in [0.1, 0.15) is 17.0 Å². The van der Waals surface area contributed by atoms with Crippen LogP contribution in [-0.2, 0) is 0 Å². The van der Waals surface area contributed by atoms with Crippen molar-refractivity contribution in [3.8, 4) is 11.5 Å². The maximum atomic E-state index is 10.3. The maximum absolute atomic E-state index is 10.3. The van der Waals surface area contributed by atoms with Crippen LogP contribution in [0, 0.1) is 0 Å². The van der Waals surface area contributed by atoms with Crippen molar-refractivity contribution >= 4 is 73.0 Å². The van der Waals surface area contributed by atoms with Crippen LogP contribution in [0.25, 0.3) is 0 Å².